The Hall–Kier alpha value is -3.16. The van der Waals surface area contributed by atoms with Gasteiger partial charge >= 0.3 is 0 Å². The van der Waals surface area contributed by atoms with Crippen molar-refractivity contribution in [3.63, 3.8) is 0 Å². The van der Waals surface area contributed by atoms with E-state index in [0.29, 0.717) is 5.56 Å². The molecule has 0 unspecified atom stereocenters. The molecule has 5 nitrogen and oxygen atoms in total. The van der Waals surface area contributed by atoms with E-state index in [0.717, 1.165) is 42.6 Å². The standard InChI is InChI=1S/C25H23N3O2S2/c1-15-6-4-8-18(12-15)24(30)26-19-10-11-21-22(13-19)32-25(28-21)31-14-23(29)27-20-9-5-7-16(2)17(20)3/h4-13H,14H2,1-3H3,(H,26,30)(H,27,29). The number of hydrogen-bond donors (Lipinski definition) is 2. The average Bonchev–Trinajstić information content (AvgIpc) is 3.18. The zero-order valence-electron chi connectivity index (χ0n) is 18.1. The van der Waals surface area contributed by atoms with Gasteiger partial charge in [-0.15, -0.1) is 11.3 Å². The molecule has 162 valence electrons. The van der Waals surface area contributed by atoms with Crippen LogP contribution >= 0.6 is 23.1 Å². The van der Waals surface area contributed by atoms with E-state index >= 15 is 0 Å². The third kappa shape index (κ3) is 5.18. The Labute approximate surface area is 195 Å². The lowest BCUT2D eigenvalue weighted by Crippen LogP contribution is -2.15. The van der Waals surface area contributed by atoms with Crippen molar-refractivity contribution in [2.24, 2.45) is 0 Å². The number of hydrogen-bond acceptors (Lipinski definition) is 5. The van der Waals surface area contributed by atoms with Gasteiger partial charge in [0.05, 0.1) is 16.0 Å². The molecular formula is C25H23N3O2S2. The molecule has 0 saturated heterocycles. The van der Waals surface area contributed by atoms with Gasteiger partial charge in [-0.3, -0.25) is 9.59 Å². The van der Waals surface area contributed by atoms with Gasteiger partial charge in [0.15, 0.2) is 4.34 Å². The molecule has 0 fully saturated rings. The number of thioether (sulfide) groups is 1. The first-order valence-corrected chi connectivity index (χ1v) is 12.0. The summed E-state index contributed by atoms with van der Waals surface area (Å²) in [6.07, 6.45) is 0. The van der Waals surface area contributed by atoms with Gasteiger partial charge in [0.25, 0.3) is 5.91 Å². The average molecular weight is 462 g/mol. The maximum absolute atomic E-state index is 12.5. The number of carbonyl (C=O) groups is 2. The second-order valence-corrected chi connectivity index (χ2v) is 9.82. The minimum absolute atomic E-state index is 0.0611. The van der Waals surface area contributed by atoms with Crippen molar-refractivity contribution in [3.8, 4) is 0 Å². The maximum Gasteiger partial charge on any atom is 0.255 e. The fraction of sp³-hybridized carbons (Fsp3) is 0.160. The van der Waals surface area contributed by atoms with E-state index in [1.54, 1.807) is 6.07 Å². The van der Waals surface area contributed by atoms with Crippen LogP contribution in [0.1, 0.15) is 27.0 Å². The molecule has 0 aliphatic heterocycles. The molecule has 32 heavy (non-hydrogen) atoms. The number of aromatic nitrogens is 1. The molecule has 1 heterocycles. The van der Waals surface area contributed by atoms with Gasteiger partial charge in [0, 0.05) is 16.9 Å². The van der Waals surface area contributed by atoms with Gasteiger partial charge in [0.1, 0.15) is 0 Å². The summed E-state index contributed by atoms with van der Waals surface area (Å²) < 4.78 is 1.78. The van der Waals surface area contributed by atoms with Crippen molar-refractivity contribution in [1.29, 1.82) is 0 Å². The number of amides is 2. The number of thiazole rings is 1. The zero-order chi connectivity index (χ0) is 22.7. The van der Waals surface area contributed by atoms with Crippen LogP contribution in [0.2, 0.25) is 0 Å². The highest BCUT2D eigenvalue weighted by atomic mass is 32.2. The second-order valence-electron chi connectivity index (χ2n) is 7.57. The number of carbonyl (C=O) groups excluding carboxylic acids is 2. The molecule has 4 aromatic rings. The minimum atomic E-state index is -0.143. The molecule has 0 spiro atoms. The Morgan fingerprint density at radius 1 is 0.969 bits per heavy atom. The summed E-state index contributed by atoms with van der Waals surface area (Å²) in [6, 6.07) is 19.0. The van der Waals surface area contributed by atoms with E-state index in [-0.39, 0.29) is 17.6 Å². The molecule has 0 bridgehead atoms. The highest BCUT2D eigenvalue weighted by Gasteiger charge is 2.11. The fourth-order valence-electron chi connectivity index (χ4n) is 3.23. The zero-order valence-corrected chi connectivity index (χ0v) is 19.7. The van der Waals surface area contributed by atoms with Crippen molar-refractivity contribution in [1.82, 2.24) is 4.98 Å². The minimum Gasteiger partial charge on any atom is -0.325 e. The van der Waals surface area contributed by atoms with Crippen molar-refractivity contribution >= 4 is 56.5 Å². The monoisotopic (exact) mass is 461 g/mol. The number of aryl methyl sites for hydroxylation is 2. The second kappa shape index (κ2) is 9.54. The lowest BCUT2D eigenvalue weighted by molar-refractivity contribution is -0.113. The Bertz CT molecular complexity index is 1310. The molecule has 0 aliphatic carbocycles. The van der Waals surface area contributed by atoms with Crippen LogP contribution in [-0.2, 0) is 4.79 Å². The van der Waals surface area contributed by atoms with Crippen LogP contribution in [0.4, 0.5) is 11.4 Å². The van der Waals surface area contributed by atoms with Gasteiger partial charge in [-0.25, -0.2) is 4.98 Å². The lowest BCUT2D eigenvalue weighted by Gasteiger charge is -2.09. The number of nitrogens with one attached hydrogen (secondary N) is 2. The molecule has 1 aromatic heterocycles. The summed E-state index contributed by atoms with van der Waals surface area (Å²) in [6.45, 7) is 5.99. The van der Waals surface area contributed by atoms with E-state index in [1.165, 1.54) is 23.1 Å². The maximum atomic E-state index is 12.5. The van der Waals surface area contributed by atoms with E-state index in [2.05, 4.69) is 15.6 Å². The summed E-state index contributed by atoms with van der Waals surface area (Å²) in [5.74, 6) is 0.0776. The molecule has 0 radical (unpaired) electrons. The normalized spacial score (nSPS) is 10.8. The molecule has 0 saturated carbocycles. The van der Waals surface area contributed by atoms with E-state index < -0.39 is 0 Å². The summed E-state index contributed by atoms with van der Waals surface area (Å²) >= 11 is 2.92. The highest BCUT2D eigenvalue weighted by Crippen LogP contribution is 2.31. The Balaban J connectivity index is 1.40. The van der Waals surface area contributed by atoms with Gasteiger partial charge in [-0.1, -0.05) is 41.6 Å². The molecule has 0 aliphatic rings. The number of fused-ring (bicyclic) bond motifs is 1. The van der Waals surface area contributed by atoms with Crippen molar-refractivity contribution in [2.45, 2.75) is 25.1 Å². The van der Waals surface area contributed by atoms with E-state index in [9.17, 15) is 9.59 Å². The van der Waals surface area contributed by atoms with Crippen LogP contribution in [0.15, 0.2) is 65.0 Å². The number of anilines is 2. The van der Waals surface area contributed by atoms with Gasteiger partial charge in [0.2, 0.25) is 5.91 Å². The lowest BCUT2D eigenvalue weighted by atomic mass is 10.1. The Kier molecular flexibility index (Phi) is 6.58. The van der Waals surface area contributed by atoms with Crippen molar-refractivity contribution < 1.29 is 9.59 Å². The van der Waals surface area contributed by atoms with Crippen molar-refractivity contribution in [3.05, 3.63) is 82.9 Å². The predicted molar refractivity (Wildman–Crippen MR) is 134 cm³/mol. The summed E-state index contributed by atoms with van der Waals surface area (Å²) in [7, 11) is 0. The molecule has 4 rings (SSSR count). The first-order valence-electron chi connectivity index (χ1n) is 10.2. The topological polar surface area (TPSA) is 71.1 Å². The smallest absolute Gasteiger partial charge is 0.255 e. The van der Waals surface area contributed by atoms with E-state index in [1.807, 2.05) is 75.4 Å². The first kappa shape index (κ1) is 22.0. The Morgan fingerprint density at radius 2 is 1.78 bits per heavy atom. The molecule has 2 N–H and O–H groups in total. The first-order chi connectivity index (χ1) is 15.4. The number of rotatable bonds is 6. The summed E-state index contributed by atoms with van der Waals surface area (Å²) in [4.78, 5) is 29.5. The van der Waals surface area contributed by atoms with Gasteiger partial charge in [-0.05, 0) is 68.3 Å². The third-order valence-corrected chi connectivity index (χ3v) is 7.27. The van der Waals surface area contributed by atoms with Crippen LogP contribution < -0.4 is 10.6 Å². The SMILES string of the molecule is Cc1cccc(C(=O)Nc2ccc3nc(SCC(=O)Nc4cccc(C)c4C)sc3c2)c1. The molecule has 2 amide bonds. The predicted octanol–water partition coefficient (Wildman–Crippen LogP) is 6.20. The van der Waals surface area contributed by atoms with Crippen LogP contribution in [-0.4, -0.2) is 22.6 Å². The highest BCUT2D eigenvalue weighted by molar-refractivity contribution is 8.01. The fourth-order valence-corrected chi connectivity index (χ4v) is 5.14. The number of nitrogens with zero attached hydrogens (tertiary/aromatic N) is 1. The summed E-state index contributed by atoms with van der Waals surface area (Å²) in [5, 5.41) is 5.92. The molecular weight excluding hydrogens is 438 g/mol. The van der Waals surface area contributed by atoms with E-state index in [4.69, 9.17) is 0 Å². The molecule has 0 atom stereocenters. The molecule has 3 aromatic carbocycles. The number of benzene rings is 3. The van der Waals surface area contributed by atoms with Gasteiger partial charge < -0.3 is 10.6 Å². The van der Waals surface area contributed by atoms with Crippen LogP contribution in [0.25, 0.3) is 10.2 Å². The molecule has 7 heteroatoms. The largest absolute Gasteiger partial charge is 0.325 e. The summed E-state index contributed by atoms with van der Waals surface area (Å²) in [5.41, 5.74) is 6.30. The van der Waals surface area contributed by atoms with Gasteiger partial charge in [-0.2, -0.15) is 0 Å². The quantitative estimate of drug-likeness (QED) is 0.335. The third-order valence-electron chi connectivity index (χ3n) is 5.11. The van der Waals surface area contributed by atoms with Crippen LogP contribution in [0.5, 0.6) is 0 Å². The Morgan fingerprint density at radius 3 is 2.59 bits per heavy atom. The van der Waals surface area contributed by atoms with Crippen molar-refractivity contribution in [2.75, 3.05) is 16.4 Å². The van der Waals surface area contributed by atoms with Crippen LogP contribution in [0, 0.1) is 20.8 Å². The van der Waals surface area contributed by atoms with Crippen LogP contribution in [0.3, 0.4) is 0 Å².